The summed E-state index contributed by atoms with van der Waals surface area (Å²) in [5.41, 5.74) is 0.999. The van der Waals surface area contributed by atoms with E-state index in [-0.39, 0.29) is 11.8 Å². The molecule has 1 saturated carbocycles. The van der Waals surface area contributed by atoms with Crippen LogP contribution in [0.1, 0.15) is 34.7 Å². The number of hydrogen-bond donors (Lipinski definition) is 0. The van der Waals surface area contributed by atoms with Gasteiger partial charge in [0, 0.05) is 17.3 Å². The van der Waals surface area contributed by atoms with Gasteiger partial charge in [0.1, 0.15) is 0 Å². The van der Waals surface area contributed by atoms with Crippen LogP contribution in [-0.2, 0) is 0 Å². The average molecular weight is 213 g/mol. The van der Waals surface area contributed by atoms with Gasteiger partial charge in [-0.3, -0.25) is 4.79 Å². The summed E-state index contributed by atoms with van der Waals surface area (Å²) < 4.78 is 28.4. The van der Waals surface area contributed by atoms with Gasteiger partial charge < -0.3 is 4.74 Å². The maximum absolute atomic E-state index is 12.0. The summed E-state index contributed by atoms with van der Waals surface area (Å²) in [6.07, 6.45) is 3.74. The smallest absolute Gasteiger partial charge is 0.388 e. The van der Waals surface area contributed by atoms with E-state index in [0.717, 1.165) is 12.8 Å². The van der Waals surface area contributed by atoms with Crippen LogP contribution >= 0.6 is 0 Å². The van der Waals surface area contributed by atoms with Crippen molar-refractivity contribution in [2.45, 2.75) is 25.4 Å². The fraction of sp³-hybridized carbons (Fsp3) is 0.400. The van der Waals surface area contributed by atoms with Crippen LogP contribution in [0.4, 0.5) is 8.78 Å². The van der Waals surface area contributed by atoms with E-state index in [1.54, 1.807) is 6.07 Å². The zero-order valence-electron chi connectivity index (χ0n) is 7.82. The quantitative estimate of drug-likeness (QED) is 0.721. The maximum Gasteiger partial charge on any atom is 0.388 e. The van der Waals surface area contributed by atoms with Crippen molar-refractivity contribution >= 4 is 6.29 Å². The van der Waals surface area contributed by atoms with Crippen molar-refractivity contribution in [3.63, 3.8) is 0 Å². The Morgan fingerprint density at radius 1 is 1.53 bits per heavy atom. The van der Waals surface area contributed by atoms with Gasteiger partial charge in [0.25, 0.3) is 0 Å². The molecule has 0 atom stereocenters. The van der Waals surface area contributed by atoms with Crippen molar-refractivity contribution in [3.8, 4) is 5.88 Å². The summed E-state index contributed by atoms with van der Waals surface area (Å²) in [4.78, 5) is 14.2. The number of nitrogens with zero attached hydrogens (tertiary/aromatic N) is 1. The van der Waals surface area contributed by atoms with Crippen LogP contribution in [0.5, 0.6) is 5.88 Å². The van der Waals surface area contributed by atoms with Gasteiger partial charge in [-0.25, -0.2) is 4.98 Å². The van der Waals surface area contributed by atoms with Crippen LogP contribution in [0.2, 0.25) is 0 Å². The largest absolute Gasteiger partial charge is 0.417 e. The Morgan fingerprint density at radius 3 is 2.80 bits per heavy atom. The number of ether oxygens (including phenoxy) is 1. The third kappa shape index (κ3) is 2.29. The Bertz CT molecular complexity index is 378. The van der Waals surface area contributed by atoms with Gasteiger partial charge in [-0.2, -0.15) is 8.78 Å². The minimum Gasteiger partial charge on any atom is -0.417 e. The molecule has 1 heterocycles. The first-order valence-corrected chi connectivity index (χ1v) is 4.60. The van der Waals surface area contributed by atoms with Gasteiger partial charge in [-0.05, 0) is 24.8 Å². The molecule has 0 saturated heterocycles. The first kappa shape index (κ1) is 10.0. The topological polar surface area (TPSA) is 39.2 Å². The zero-order valence-corrected chi connectivity index (χ0v) is 7.82. The highest BCUT2D eigenvalue weighted by Crippen LogP contribution is 2.43. The number of aromatic nitrogens is 1. The van der Waals surface area contributed by atoms with Crippen molar-refractivity contribution in [3.05, 3.63) is 23.4 Å². The molecule has 0 N–H and O–H groups in total. The van der Waals surface area contributed by atoms with Crippen molar-refractivity contribution in [2.24, 2.45) is 0 Å². The van der Waals surface area contributed by atoms with Gasteiger partial charge in [0.15, 0.2) is 6.29 Å². The number of aldehydes is 1. The number of hydrogen-bond acceptors (Lipinski definition) is 3. The van der Waals surface area contributed by atoms with E-state index < -0.39 is 6.61 Å². The molecule has 80 valence electrons. The summed E-state index contributed by atoms with van der Waals surface area (Å²) >= 11 is 0. The molecule has 1 fully saturated rings. The van der Waals surface area contributed by atoms with Crippen molar-refractivity contribution in [2.75, 3.05) is 0 Å². The van der Waals surface area contributed by atoms with Crippen LogP contribution in [0.3, 0.4) is 0 Å². The predicted molar refractivity (Wildman–Crippen MR) is 48.2 cm³/mol. The highest BCUT2D eigenvalue weighted by Gasteiger charge is 2.28. The molecule has 1 aliphatic carbocycles. The number of carbonyl (C=O) groups excluding carboxylic acids is 1. The third-order valence-corrected chi connectivity index (χ3v) is 2.25. The molecule has 15 heavy (non-hydrogen) atoms. The van der Waals surface area contributed by atoms with Crippen LogP contribution in [-0.4, -0.2) is 17.9 Å². The van der Waals surface area contributed by atoms with Crippen molar-refractivity contribution in [1.29, 1.82) is 0 Å². The number of carbonyl (C=O) groups is 1. The first-order valence-electron chi connectivity index (χ1n) is 4.60. The molecule has 0 amide bonds. The zero-order chi connectivity index (χ0) is 10.8. The lowest BCUT2D eigenvalue weighted by molar-refractivity contribution is -0.0534. The summed E-state index contributed by atoms with van der Waals surface area (Å²) in [7, 11) is 0. The van der Waals surface area contributed by atoms with Crippen LogP contribution in [0.15, 0.2) is 12.3 Å². The van der Waals surface area contributed by atoms with Gasteiger partial charge in [-0.1, -0.05) is 0 Å². The molecule has 1 aliphatic rings. The molecule has 0 unspecified atom stereocenters. The number of pyridine rings is 1. The molecule has 0 bridgehead atoms. The summed E-state index contributed by atoms with van der Waals surface area (Å²) in [6, 6.07) is 1.56. The minimum absolute atomic E-state index is 0.0573. The molecule has 2 rings (SSSR count). The average Bonchev–Trinajstić information content (AvgIpc) is 3.01. The lowest BCUT2D eigenvalue weighted by atomic mass is 10.1. The summed E-state index contributed by atoms with van der Waals surface area (Å²) in [5.74, 6) is 0.157. The molecule has 0 aromatic carbocycles. The minimum atomic E-state index is -2.88. The second kappa shape index (κ2) is 3.92. The van der Waals surface area contributed by atoms with E-state index in [9.17, 15) is 13.6 Å². The van der Waals surface area contributed by atoms with E-state index in [4.69, 9.17) is 0 Å². The normalized spacial score (nSPS) is 15.4. The Morgan fingerprint density at radius 2 is 2.27 bits per heavy atom. The standard InChI is InChI=1S/C10H9F2NO2/c11-10(12)15-9-8(7-1-2-7)3-6(5-14)4-13-9/h3-5,7,10H,1-2H2. The van der Waals surface area contributed by atoms with Gasteiger partial charge >= 0.3 is 6.61 Å². The predicted octanol–water partition coefficient (Wildman–Crippen LogP) is 2.37. The lowest BCUT2D eigenvalue weighted by Gasteiger charge is -2.08. The Labute approximate surface area is 85.1 Å². The fourth-order valence-electron chi connectivity index (χ4n) is 1.42. The Kier molecular flexibility index (Phi) is 2.62. The second-order valence-electron chi connectivity index (χ2n) is 3.43. The molecular weight excluding hydrogens is 204 g/mol. The number of alkyl halides is 2. The van der Waals surface area contributed by atoms with E-state index in [2.05, 4.69) is 9.72 Å². The fourth-order valence-corrected chi connectivity index (χ4v) is 1.42. The molecule has 1 aromatic rings. The molecule has 1 aromatic heterocycles. The highest BCUT2D eigenvalue weighted by atomic mass is 19.3. The Hall–Kier alpha value is -1.52. The van der Waals surface area contributed by atoms with Crippen molar-refractivity contribution < 1.29 is 18.3 Å². The molecule has 3 nitrogen and oxygen atoms in total. The van der Waals surface area contributed by atoms with E-state index in [1.807, 2.05) is 0 Å². The molecule has 5 heteroatoms. The lowest BCUT2D eigenvalue weighted by Crippen LogP contribution is -2.06. The van der Waals surface area contributed by atoms with Gasteiger partial charge in [0.05, 0.1) is 0 Å². The van der Waals surface area contributed by atoms with Crippen LogP contribution in [0, 0.1) is 0 Å². The van der Waals surface area contributed by atoms with E-state index in [1.165, 1.54) is 6.20 Å². The monoisotopic (exact) mass is 213 g/mol. The van der Waals surface area contributed by atoms with Gasteiger partial charge in [0.2, 0.25) is 5.88 Å². The van der Waals surface area contributed by atoms with Crippen LogP contribution < -0.4 is 4.74 Å². The summed E-state index contributed by atoms with van der Waals surface area (Å²) in [5, 5.41) is 0. The molecular formula is C10H9F2NO2. The second-order valence-corrected chi connectivity index (χ2v) is 3.43. The highest BCUT2D eigenvalue weighted by molar-refractivity contribution is 5.74. The number of rotatable bonds is 4. The summed E-state index contributed by atoms with van der Waals surface area (Å²) in [6.45, 7) is -2.88. The van der Waals surface area contributed by atoms with Crippen LogP contribution in [0.25, 0.3) is 0 Å². The third-order valence-electron chi connectivity index (χ3n) is 2.25. The van der Waals surface area contributed by atoms with E-state index in [0.29, 0.717) is 17.4 Å². The maximum atomic E-state index is 12.0. The molecule has 0 spiro atoms. The molecule has 0 radical (unpaired) electrons. The molecule has 0 aliphatic heterocycles. The Balaban J connectivity index is 2.31. The van der Waals surface area contributed by atoms with E-state index >= 15 is 0 Å². The first-order chi connectivity index (χ1) is 7.20. The number of halogens is 2. The van der Waals surface area contributed by atoms with Crippen molar-refractivity contribution in [1.82, 2.24) is 4.98 Å². The van der Waals surface area contributed by atoms with Gasteiger partial charge in [-0.15, -0.1) is 0 Å². The SMILES string of the molecule is O=Cc1cnc(OC(F)F)c(C2CC2)c1.